The molecular weight excluding hydrogens is 430 g/mol. The largest absolute Gasteiger partial charge is 0.352 e. The summed E-state index contributed by atoms with van der Waals surface area (Å²) >= 11 is 1.61. The van der Waals surface area contributed by atoms with E-state index in [0.717, 1.165) is 21.7 Å². The minimum atomic E-state index is -3.65. The monoisotopic (exact) mass is 457 g/mol. The number of aromatic nitrogens is 1. The van der Waals surface area contributed by atoms with Crippen LogP contribution >= 0.6 is 11.3 Å². The van der Waals surface area contributed by atoms with Gasteiger partial charge in [0.25, 0.3) is 0 Å². The highest BCUT2D eigenvalue weighted by Crippen LogP contribution is 2.24. The minimum absolute atomic E-state index is 0.0337. The molecule has 0 bridgehead atoms. The number of nitrogens with one attached hydrogen (secondary N) is 2. The van der Waals surface area contributed by atoms with Crippen molar-refractivity contribution >= 4 is 27.3 Å². The SMILES string of the molecule is CC(C)(C)c1ccc(S(=O)(=O)NCCC(=O)NCc2ccnc(-c3cccs3)c2)cc1. The first-order valence-corrected chi connectivity index (χ1v) is 12.4. The summed E-state index contributed by atoms with van der Waals surface area (Å²) in [6.07, 6.45) is 1.78. The van der Waals surface area contributed by atoms with Crippen LogP contribution in [0.15, 0.2) is 65.0 Å². The van der Waals surface area contributed by atoms with Crippen LogP contribution in [0.5, 0.6) is 0 Å². The molecule has 8 heteroatoms. The number of rotatable bonds is 8. The molecule has 1 aromatic carbocycles. The van der Waals surface area contributed by atoms with Gasteiger partial charge in [-0.15, -0.1) is 11.3 Å². The number of thiophene rings is 1. The molecule has 2 heterocycles. The Hall–Kier alpha value is -2.55. The van der Waals surface area contributed by atoms with Gasteiger partial charge in [-0.05, 0) is 52.3 Å². The van der Waals surface area contributed by atoms with E-state index in [-0.39, 0.29) is 29.2 Å². The molecule has 0 saturated heterocycles. The van der Waals surface area contributed by atoms with Crippen LogP contribution in [0, 0.1) is 0 Å². The standard InChI is InChI=1S/C23H27N3O3S2/c1-23(2,3)18-6-8-19(9-7-18)31(28,29)26-13-11-22(27)25-16-17-10-12-24-20(15-17)21-5-4-14-30-21/h4-10,12,14-15,26H,11,13,16H2,1-3H3,(H,25,27). The molecule has 6 nitrogen and oxygen atoms in total. The van der Waals surface area contributed by atoms with E-state index in [0.29, 0.717) is 6.54 Å². The van der Waals surface area contributed by atoms with E-state index in [1.165, 1.54) is 0 Å². The molecule has 0 radical (unpaired) electrons. The fourth-order valence-electron chi connectivity index (χ4n) is 2.95. The molecule has 31 heavy (non-hydrogen) atoms. The van der Waals surface area contributed by atoms with Gasteiger partial charge in [0.1, 0.15) is 0 Å². The normalized spacial score (nSPS) is 12.0. The molecule has 1 amide bonds. The molecule has 0 aliphatic rings. The summed E-state index contributed by atoms with van der Waals surface area (Å²) in [6.45, 7) is 6.61. The van der Waals surface area contributed by atoms with Crippen molar-refractivity contribution < 1.29 is 13.2 Å². The molecule has 3 rings (SSSR count). The van der Waals surface area contributed by atoms with Crippen LogP contribution in [0.4, 0.5) is 0 Å². The van der Waals surface area contributed by atoms with Gasteiger partial charge >= 0.3 is 0 Å². The summed E-state index contributed by atoms with van der Waals surface area (Å²) in [5.74, 6) is -0.222. The van der Waals surface area contributed by atoms with Gasteiger partial charge < -0.3 is 5.32 Å². The van der Waals surface area contributed by atoms with Crippen molar-refractivity contribution in [3.8, 4) is 10.6 Å². The summed E-state index contributed by atoms with van der Waals surface area (Å²) in [5, 5.41) is 4.81. The molecule has 2 N–H and O–H groups in total. The highest BCUT2D eigenvalue weighted by Gasteiger charge is 2.17. The maximum atomic E-state index is 12.5. The van der Waals surface area contributed by atoms with Crippen LogP contribution in [0.25, 0.3) is 10.6 Å². The van der Waals surface area contributed by atoms with Crippen LogP contribution in [0.1, 0.15) is 38.3 Å². The van der Waals surface area contributed by atoms with Crippen molar-refractivity contribution in [2.24, 2.45) is 0 Å². The lowest BCUT2D eigenvalue weighted by molar-refractivity contribution is -0.121. The number of sulfonamides is 1. The van der Waals surface area contributed by atoms with Crippen LogP contribution < -0.4 is 10.0 Å². The lowest BCUT2D eigenvalue weighted by Crippen LogP contribution is -2.30. The number of pyridine rings is 1. The summed E-state index contributed by atoms with van der Waals surface area (Å²) in [5.41, 5.74) is 2.81. The second-order valence-corrected chi connectivity index (χ2v) is 10.9. The Morgan fingerprint density at radius 3 is 2.48 bits per heavy atom. The van der Waals surface area contributed by atoms with Crippen LogP contribution in [0.2, 0.25) is 0 Å². The highest BCUT2D eigenvalue weighted by molar-refractivity contribution is 7.89. The average molecular weight is 458 g/mol. The molecule has 0 unspecified atom stereocenters. The van der Waals surface area contributed by atoms with Crippen molar-refractivity contribution in [3.63, 3.8) is 0 Å². The fraction of sp³-hybridized carbons (Fsp3) is 0.304. The van der Waals surface area contributed by atoms with E-state index < -0.39 is 10.0 Å². The van der Waals surface area contributed by atoms with E-state index in [1.54, 1.807) is 29.7 Å². The second-order valence-electron chi connectivity index (χ2n) is 8.23. The van der Waals surface area contributed by atoms with Crippen molar-refractivity contribution in [1.82, 2.24) is 15.0 Å². The predicted molar refractivity (Wildman–Crippen MR) is 124 cm³/mol. The van der Waals surface area contributed by atoms with Gasteiger partial charge in [-0.3, -0.25) is 9.78 Å². The van der Waals surface area contributed by atoms with E-state index in [2.05, 4.69) is 35.8 Å². The van der Waals surface area contributed by atoms with Crippen LogP contribution in [0.3, 0.4) is 0 Å². The second kappa shape index (κ2) is 9.72. The molecule has 0 aliphatic carbocycles. The Labute approximate surface area is 187 Å². The Morgan fingerprint density at radius 2 is 1.84 bits per heavy atom. The lowest BCUT2D eigenvalue weighted by Gasteiger charge is -2.19. The van der Waals surface area contributed by atoms with E-state index in [1.807, 2.05) is 41.8 Å². The first kappa shape index (κ1) is 23.1. The molecule has 0 fully saturated rings. The Kier molecular flexibility index (Phi) is 7.25. The molecule has 3 aromatic rings. The van der Waals surface area contributed by atoms with Crippen LogP contribution in [-0.4, -0.2) is 25.9 Å². The Balaban J connectivity index is 1.48. The number of carbonyl (C=O) groups excluding carboxylic acids is 1. The Morgan fingerprint density at radius 1 is 1.10 bits per heavy atom. The van der Waals surface area contributed by atoms with Crippen molar-refractivity contribution in [2.75, 3.05) is 6.54 Å². The van der Waals surface area contributed by atoms with Crippen molar-refractivity contribution in [1.29, 1.82) is 0 Å². The molecule has 0 spiro atoms. The number of hydrogen-bond acceptors (Lipinski definition) is 5. The summed E-state index contributed by atoms with van der Waals surface area (Å²) in [4.78, 5) is 17.8. The third kappa shape index (κ3) is 6.46. The van der Waals surface area contributed by atoms with E-state index >= 15 is 0 Å². The smallest absolute Gasteiger partial charge is 0.240 e. The van der Waals surface area contributed by atoms with Gasteiger partial charge in [-0.25, -0.2) is 13.1 Å². The maximum Gasteiger partial charge on any atom is 0.240 e. The quantitative estimate of drug-likeness (QED) is 0.533. The third-order valence-electron chi connectivity index (χ3n) is 4.76. The third-order valence-corrected chi connectivity index (χ3v) is 7.13. The summed E-state index contributed by atoms with van der Waals surface area (Å²) in [6, 6.07) is 14.6. The first-order chi connectivity index (χ1) is 14.6. The fourth-order valence-corrected chi connectivity index (χ4v) is 4.67. The van der Waals surface area contributed by atoms with Crippen molar-refractivity contribution in [2.45, 2.75) is 44.0 Å². The zero-order valence-electron chi connectivity index (χ0n) is 17.9. The molecule has 0 aliphatic heterocycles. The van der Waals surface area contributed by atoms with Crippen molar-refractivity contribution in [3.05, 3.63) is 71.2 Å². The first-order valence-electron chi connectivity index (χ1n) is 10.0. The maximum absolute atomic E-state index is 12.5. The molecule has 2 aromatic heterocycles. The molecule has 0 saturated carbocycles. The lowest BCUT2D eigenvalue weighted by atomic mass is 9.87. The number of amides is 1. The molecular formula is C23H27N3O3S2. The van der Waals surface area contributed by atoms with Crippen LogP contribution in [-0.2, 0) is 26.8 Å². The van der Waals surface area contributed by atoms with Gasteiger partial charge in [-0.2, -0.15) is 0 Å². The summed E-state index contributed by atoms with van der Waals surface area (Å²) in [7, 11) is -3.65. The van der Waals surface area contributed by atoms with E-state index in [4.69, 9.17) is 0 Å². The number of hydrogen-bond donors (Lipinski definition) is 2. The zero-order chi connectivity index (χ0) is 22.5. The average Bonchev–Trinajstić information content (AvgIpc) is 3.27. The summed E-state index contributed by atoms with van der Waals surface area (Å²) < 4.78 is 27.4. The van der Waals surface area contributed by atoms with Gasteiger partial charge in [0, 0.05) is 25.7 Å². The van der Waals surface area contributed by atoms with Gasteiger partial charge in [-0.1, -0.05) is 39.0 Å². The molecule has 164 valence electrons. The predicted octanol–water partition coefficient (Wildman–Crippen LogP) is 4.09. The van der Waals surface area contributed by atoms with E-state index in [9.17, 15) is 13.2 Å². The zero-order valence-corrected chi connectivity index (χ0v) is 19.5. The highest BCUT2D eigenvalue weighted by atomic mass is 32.2. The van der Waals surface area contributed by atoms with Gasteiger partial charge in [0.05, 0.1) is 15.5 Å². The number of benzene rings is 1. The van der Waals surface area contributed by atoms with Gasteiger partial charge in [0.2, 0.25) is 15.9 Å². The topological polar surface area (TPSA) is 88.2 Å². The Bertz CT molecular complexity index is 1120. The number of carbonyl (C=O) groups is 1. The molecule has 0 atom stereocenters. The number of nitrogens with zero attached hydrogens (tertiary/aromatic N) is 1. The van der Waals surface area contributed by atoms with Gasteiger partial charge in [0.15, 0.2) is 0 Å². The minimum Gasteiger partial charge on any atom is -0.352 e.